The van der Waals surface area contributed by atoms with Gasteiger partial charge in [0, 0.05) is 24.4 Å². The van der Waals surface area contributed by atoms with Gasteiger partial charge in [0.05, 0.1) is 28.4 Å². The van der Waals surface area contributed by atoms with Crippen molar-refractivity contribution in [2.45, 2.75) is 25.7 Å². The van der Waals surface area contributed by atoms with E-state index in [0.717, 1.165) is 52.6 Å². The lowest BCUT2D eigenvalue weighted by molar-refractivity contribution is 0.0996. The van der Waals surface area contributed by atoms with Gasteiger partial charge in [-0.25, -0.2) is 9.67 Å². The minimum Gasteiger partial charge on any atom is -0.293 e. The van der Waals surface area contributed by atoms with Crippen molar-refractivity contribution in [1.82, 2.24) is 14.8 Å². The molecule has 0 N–H and O–H groups in total. The van der Waals surface area contributed by atoms with Crippen molar-refractivity contribution in [1.29, 1.82) is 0 Å². The Balaban J connectivity index is 1.55. The summed E-state index contributed by atoms with van der Waals surface area (Å²) in [5.74, 6) is 0.876. The first-order chi connectivity index (χ1) is 15.8. The fourth-order valence-electron chi connectivity index (χ4n) is 3.89. The molecule has 0 amide bonds. The number of hydrogen-bond acceptors (Lipinski definition) is 5. The zero-order chi connectivity index (χ0) is 21.8. The molecule has 5 nitrogen and oxygen atoms in total. The van der Waals surface area contributed by atoms with Crippen molar-refractivity contribution in [2.75, 3.05) is 0 Å². The van der Waals surface area contributed by atoms with Crippen LogP contribution in [0.1, 0.15) is 45.9 Å². The third-order valence-electron chi connectivity index (χ3n) is 5.43. The topological polar surface area (TPSA) is 60.1 Å². The monoisotopic (exact) mass is 438 g/mol. The Kier molecular flexibility index (Phi) is 5.85. The van der Waals surface area contributed by atoms with Crippen molar-refractivity contribution in [3.05, 3.63) is 106 Å². The van der Waals surface area contributed by atoms with Crippen LogP contribution >= 0.6 is 11.3 Å². The van der Waals surface area contributed by atoms with Gasteiger partial charge in [-0.05, 0) is 48.1 Å². The smallest absolute Gasteiger partial charge is 0.178 e. The minimum absolute atomic E-state index is 0.0974. The number of allylic oxidation sites excluding steroid dienone is 2. The largest absolute Gasteiger partial charge is 0.293 e. The molecule has 0 fully saturated rings. The van der Waals surface area contributed by atoms with Crippen molar-refractivity contribution in [3.63, 3.8) is 0 Å². The van der Waals surface area contributed by atoms with Gasteiger partial charge in [-0.15, -0.1) is 11.3 Å². The number of hydrogen-bond donors (Lipinski definition) is 0. The molecular formula is C26H22N4OS. The minimum atomic E-state index is 0.0974. The quantitative estimate of drug-likeness (QED) is 0.344. The van der Waals surface area contributed by atoms with Crippen LogP contribution in [-0.4, -0.2) is 26.8 Å². The number of rotatable bonds is 7. The van der Waals surface area contributed by atoms with E-state index in [9.17, 15) is 4.79 Å². The molecular weight excluding hydrogens is 416 g/mol. The predicted octanol–water partition coefficient (Wildman–Crippen LogP) is 5.77. The molecule has 158 valence electrons. The van der Waals surface area contributed by atoms with E-state index in [0.29, 0.717) is 0 Å². The van der Waals surface area contributed by atoms with E-state index in [2.05, 4.69) is 28.2 Å². The predicted molar refractivity (Wildman–Crippen MR) is 129 cm³/mol. The van der Waals surface area contributed by atoms with Gasteiger partial charge in [0.25, 0.3) is 0 Å². The molecule has 0 bridgehead atoms. The van der Waals surface area contributed by atoms with Gasteiger partial charge in [-0.1, -0.05) is 42.5 Å². The molecule has 0 atom stereocenters. The molecule has 0 saturated heterocycles. The fraction of sp³-hybridized carbons (Fsp3) is 0.154. The lowest BCUT2D eigenvalue weighted by Gasteiger charge is -2.13. The molecule has 1 aromatic carbocycles. The number of ketones is 1. The van der Waals surface area contributed by atoms with Crippen molar-refractivity contribution < 1.29 is 4.79 Å². The van der Waals surface area contributed by atoms with E-state index in [-0.39, 0.29) is 12.2 Å². The van der Waals surface area contributed by atoms with Crippen LogP contribution in [0.25, 0.3) is 11.4 Å². The van der Waals surface area contributed by atoms with Crippen LogP contribution in [-0.2, 0) is 6.42 Å². The maximum absolute atomic E-state index is 12.8. The molecule has 5 rings (SSSR count). The average molecular weight is 439 g/mol. The first kappa shape index (κ1) is 20.3. The molecule has 4 aromatic rings. The Morgan fingerprint density at radius 3 is 2.69 bits per heavy atom. The van der Waals surface area contributed by atoms with Crippen molar-refractivity contribution in [3.8, 4) is 5.82 Å². The normalized spacial score (nSPS) is 13.5. The molecule has 4 heterocycles. The number of aliphatic imine (C=N–C) groups is 1. The molecule has 0 saturated carbocycles. The highest BCUT2D eigenvalue weighted by Gasteiger charge is 2.21. The number of pyridine rings is 1. The van der Waals surface area contributed by atoms with Gasteiger partial charge >= 0.3 is 0 Å². The molecule has 0 spiro atoms. The van der Waals surface area contributed by atoms with E-state index >= 15 is 0 Å². The molecule has 6 heteroatoms. The van der Waals surface area contributed by atoms with E-state index in [1.54, 1.807) is 6.20 Å². The molecule has 0 aliphatic carbocycles. The van der Waals surface area contributed by atoms with Crippen LogP contribution in [0.2, 0.25) is 0 Å². The van der Waals surface area contributed by atoms with Gasteiger partial charge in [0.15, 0.2) is 11.6 Å². The first-order valence-electron chi connectivity index (χ1n) is 10.6. The van der Waals surface area contributed by atoms with E-state index in [1.165, 1.54) is 16.9 Å². The zero-order valence-corrected chi connectivity index (χ0v) is 18.3. The second kappa shape index (κ2) is 9.24. The number of nitrogens with zero attached hydrogens (tertiary/aromatic N) is 4. The maximum atomic E-state index is 12.8. The molecule has 32 heavy (non-hydrogen) atoms. The summed E-state index contributed by atoms with van der Waals surface area (Å²) < 4.78 is 1.91. The van der Waals surface area contributed by atoms with Gasteiger partial charge in [0.2, 0.25) is 0 Å². The van der Waals surface area contributed by atoms with Crippen LogP contribution in [0, 0.1) is 0 Å². The van der Waals surface area contributed by atoms with Crippen LogP contribution < -0.4 is 0 Å². The molecule has 0 unspecified atom stereocenters. The summed E-state index contributed by atoms with van der Waals surface area (Å²) >= 11 is 1.47. The van der Waals surface area contributed by atoms with E-state index in [4.69, 9.17) is 5.10 Å². The summed E-state index contributed by atoms with van der Waals surface area (Å²) in [7, 11) is 0. The van der Waals surface area contributed by atoms with Gasteiger partial charge in [-0.3, -0.25) is 9.79 Å². The number of carbonyl (C=O) groups excluding carboxylic acids is 1. The lowest BCUT2D eigenvalue weighted by Crippen LogP contribution is -2.06. The average Bonchev–Trinajstić information content (AvgIpc) is 3.51. The standard InChI is InChI=1S/C26H22N4OS/c31-24(25-11-7-15-32-25)18-22-21(10-6-14-27-22)23-17-20(16-19-8-2-1-3-9-19)30(29-23)26-12-4-5-13-28-26/h1-5,7-9,11-15,17H,6,10,16,18H2. The second-order valence-electron chi connectivity index (χ2n) is 7.64. The van der Waals surface area contributed by atoms with E-state index in [1.807, 2.05) is 64.8 Å². The highest BCUT2D eigenvalue weighted by atomic mass is 32.1. The van der Waals surface area contributed by atoms with Gasteiger partial charge < -0.3 is 0 Å². The fourth-order valence-corrected chi connectivity index (χ4v) is 4.55. The van der Waals surface area contributed by atoms with Crippen molar-refractivity contribution in [2.24, 2.45) is 4.99 Å². The zero-order valence-electron chi connectivity index (χ0n) is 17.5. The highest BCUT2D eigenvalue weighted by molar-refractivity contribution is 7.12. The Morgan fingerprint density at radius 2 is 1.91 bits per heavy atom. The molecule has 3 aromatic heterocycles. The van der Waals surface area contributed by atoms with Crippen LogP contribution in [0.4, 0.5) is 0 Å². The van der Waals surface area contributed by atoms with Crippen LogP contribution in [0.5, 0.6) is 0 Å². The number of Topliss-reactive ketones (excluding diaryl/α,β-unsaturated/α-hetero) is 1. The van der Waals surface area contributed by atoms with Crippen molar-refractivity contribution >= 4 is 28.9 Å². The Morgan fingerprint density at radius 1 is 1.03 bits per heavy atom. The second-order valence-corrected chi connectivity index (χ2v) is 8.58. The molecule has 0 radical (unpaired) electrons. The van der Waals surface area contributed by atoms with E-state index < -0.39 is 0 Å². The summed E-state index contributed by atoms with van der Waals surface area (Å²) in [4.78, 5) is 22.6. The number of benzene rings is 1. The summed E-state index contributed by atoms with van der Waals surface area (Å²) in [6, 6.07) is 22.1. The van der Waals surface area contributed by atoms with Gasteiger partial charge in [0.1, 0.15) is 0 Å². The molecule has 1 aliphatic rings. The number of carbonyl (C=O) groups is 1. The first-order valence-corrected chi connectivity index (χ1v) is 11.5. The Labute approximate surface area is 190 Å². The van der Waals surface area contributed by atoms with Gasteiger partial charge in [-0.2, -0.15) is 5.10 Å². The summed E-state index contributed by atoms with van der Waals surface area (Å²) in [6.45, 7) is 0. The lowest BCUT2D eigenvalue weighted by atomic mass is 9.98. The summed E-state index contributed by atoms with van der Waals surface area (Å²) in [5, 5.41) is 6.86. The number of aromatic nitrogens is 3. The summed E-state index contributed by atoms with van der Waals surface area (Å²) in [5.41, 5.74) is 4.98. The SMILES string of the molecule is O=C(CC1=C(c2cc(Cc3ccccc3)n(-c3ccccn3)n2)CCC=N1)c1cccs1. The maximum Gasteiger partial charge on any atom is 0.178 e. The summed E-state index contributed by atoms with van der Waals surface area (Å²) in [6.07, 6.45) is 6.37. The molecule has 1 aliphatic heterocycles. The Hall–Kier alpha value is -3.64. The van der Waals surface area contributed by atoms with Crippen LogP contribution in [0.15, 0.2) is 89.0 Å². The number of thiophene rings is 1. The van der Waals surface area contributed by atoms with Crippen LogP contribution in [0.3, 0.4) is 0 Å². The highest BCUT2D eigenvalue weighted by Crippen LogP contribution is 2.31. The third-order valence-corrected chi connectivity index (χ3v) is 6.34. The third kappa shape index (κ3) is 4.36. The Bertz CT molecular complexity index is 1270.